The van der Waals surface area contributed by atoms with Crippen molar-refractivity contribution in [3.05, 3.63) is 45.0 Å². The number of ketones is 1. The van der Waals surface area contributed by atoms with Crippen LogP contribution in [0.1, 0.15) is 56.9 Å². The summed E-state index contributed by atoms with van der Waals surface area (Å²) in [5.41, 5.74) is 0.328. The summed E-state index contributed by atoms with van der Waals surface area (Å²) in [6, 6.07) is 4.58. The molecule has 1 aromatic rings. The van der Waals surface area contributed by atoms with Crippen molar-refractivity contribution in [1.82, 2.24) is 0 Å². The maximum Gasteiger partial charge on any atom is 0.303 e. The van der Waals surface area contributed by atoms with Gasteiger partial charge in [0.05, 0.1) is 15.5 Å². The first-order valence-corrected chi connectivity index (χ1v) is 9.63. The first kappa shape index (κ1) is 21.1. The molecule has 0 spiro atoms. The number of nitro groups is 1. The van der Waals surface area contributed by atoms with Gasteiger partial charge in [0.15, 0.2) is 0 Å². The van der Waals surface area contributed by atoms with Crippen LogP contribution in [0, 0.1) is 22.0 Å². The molecule has 0 amide bonds. The third kappa shape index (κ3) is 6.17. The van der Waals surface area contributed by atoms with Crippen LogP contribution in [0.15, 0.2) is 24.3 Å². The summed E-state index contributed by atoms with van der Waals surface area (Å²) in [6.07, 6.45) is 9.08. The monoisotopic (exact) mass is 393 g/mol. The SMILES string of the molecule is O=C(O)CCCCCCC1C(=O)CCC1/C=C/c1c(Cl)cccc1[N+](=O)[O-]. The Labute approximate surface area is 163 Å². The second kappa shape index (κ2) is 10.2. The van der Waals surface area contributed by atoms with Gasteiger partial charge in [0.1, 0.15) is 5.78 Å². The number of carbonyl (C=O) groups is 2. The molecule has 7 heteroatoms. The highest BCUT2D eigenvalue weighted by molar-refractivity contribution is 6.32. The van der Waals surface area contributed by atoms with Crippen LogP contribution in [0.25, 0.3) is 6.08 Å². The van der Waals surface area contributed by atoms with E-state index in [0.29, 0.717) is 23.4 Å². The number of unbranched alkanes of at least 4 members (excludes halogenated alkanes) is 3. The van der Waals surface area contributed by atoms with E-state index in [1.165, 1.54) is 6.07 Å². The van der Waals surface area contributed by atoms with Crippen molar-refractivity contribution in [3.8, 4) is 0 Å². The van der Waals surface area contributed by atoms with Gasteiger partial charge in [-0.25, -0.2) is 0 Å². The summed E-state index contributed by atoms with van der Waals surface area (Å²) in [5, 5.41) is 20.1. The predicted octanol–water partition coefficient (Wildman–Crippen LogP) is 5.28. The molecule has 146 valence electrons. The lowest BCUT2D eigenvalue weighted by atomic mass is 9.89. The number of aliphatic carboxylic acids is 1. The number of halogens is 1. The van der Waals surface area contributed by atoms with Crippen molar-refractivity contribution in [2.75, 3.05) is 0 Å². The molecule has 0 aliphatic heterocycles. The predicted molar refractivity (Wildman–Crippen MR) is 104 cm³/mol. The molecule has 1 aliphatic carbocycles. The zero-order valence-electron chi connectivity index (χ0n) is 15.1. The van der Waals surface area contributed by atoms with E-state index in [2.05, 4.69) is 0 Å². The summed E-state index contributed by atoms with van der Waals surface area (Å²) in [6.45, 7) is 0. The third-order valence-corrected chi connectivity index (χ3v) is 5.38. The van der Waals surface area contributed by atoms with Crippen LogP contribution in [0.4, 0.5) is 5.69 Å². The summed E-state index contributed by atoms with van der Waals surface area (Å²) in [4.78, 5) is 33.4. The van der Waals surface area contributed by atoms with E-state index in [1.54, 1.807) is 18.2 Å². The molecule has 0 saturated heterocycles. The number of Topliss-reactive ketones (excluding diaryl/α,β-unsaturated/α-hetero) is 1. The number of carboxylic acids is 1. The standard InChI is InChI=1S/C20H24ClNO5/c21-17-7-5-8-18(22(26)27)16(17)12-10-14-11-13-19(23)15(14)6-3-1-2-4-9-20(24)25/h5,7-8,10,12,14-15H,1-4,6,9,11,13H2,(H,24,25)/b12-10+. The number of hydrogen-bond donors (Lipinski definition) is 1. The molecule has 1 saturated carbocycles. The highest BCUT2D eigenvalue weighted by Crippen LogP contribution is 2.35. The van der Waals surface area contributed by atoms with Crippen molar-refractivity contribution in [2.45, 2.75) is 51.4 Å². The number of hydrogen-bond acceptors (Lipinski definition) is 4. The Bertz CT molecular complexity index is 731. The van der Waals surface area contributed by atoms with Gasteiger partial charge < -0.3 is 5.11 Å². The molecule has 1 fully saturated rings. The molecule has 2 unspecified atom stereocenters. The Kier molecular flexibility index (Phi) is 7.98. The number of carboxylic acid groups (broad SMARTS) is 1. The van der Waals surface area contributed by atoms with Gasteiger partial charge in [-0.1, -0.05) is 49.1 Å². The van der Waals surface area contributed by atoms with E-state index in [-0.39, 0.29) is 29.7 Å². The number of nitro benzene ring substituents is 1. The fourth-order valence-corrected chi connectivity index (χ4v) is 3.84. The average Bonchev–Trinajstić information content (AvgIpc) is 2.96. The third-order valence-electron chi connectivity index (χ3n) is 5.05. The van der Waals surface area contributed by atoms with E-state index in [1.807, 2.05) is 6.08 Å². The summed E-state index contributed by atoms with van der Waals surface area (Å²) < 4.78 is 0. The molecule has 27 heavy (non-hydrogen) atoms. The van der Waals surface area contributed by atoms with E-state index in [4.69, 9.17) is 16.7 Å². The lowest BCUT2D eigenvalue weighted by Gasteiger charge is -2.15. The Morgan fingerprint density at radius 2 is 2.04 bits per heavy atom. The first-order valence-electron chi connectivity index (χ1n) is 9.25. The van der Waals surface area contributed by atoms with E-state index in [9.17, 15) is 19.7 Å². The van der Waals surface area contributed by atoms with E-state index >= 15 is 0 Å². The van der Waals surface area contributed by atoms with E-state index in [0.717, 1.165) is 32.1 Å². The largest absolute Gasteiger partial charge is 0.481 e. The second-order valence-electron chi connectivity index (χ2n) is 6.91. The van der Waals surface area contributed by atoms with Gasteiger partial charge in [0.25, 0.3) is 5.69 Å². The molecule has 0 heterocycles. The fraction of sp³-hybridized carbons (Fsp3) is 0.500. The molecule has 0 aromatic heterocycles. The molecular formula is C20H24ClNO5. The molecule has 1 aliphatic rings. The van der Waals surface area contributed by atoms with Crippen LogP contribution in [0.5, 0.6) is 0 Å². The molecule has 2 rings (SSSR count). The molecule has 1 aromatic carbocycles. The Morgan fingerprint density at radius 3 is 2.74 bits per heavy atom. The minimum Gasteiger partial charge on any atom is -0.481 e. The quantitative estimate of drug-likeness (QED) is 0.331. The van der Waals surface area contributed by atoms with Crippen LogP contribution in [0.3, 0.4) is 0 Å². The molecule has 2 atom stereocenters. The maximum atomic E-state index is 12.2. The molecular weight excluding hydrogens is 370 g/mol. The average molecular weight is 394 g/mol. The van der Waals surface area contributed by atoms with Crippen molar-refractivity contribution < 1.29 is 19.6 Å². The second-order valence-corrected chi connectivity index (χ2v) is 7.32. The number of rotatable bonds is 10. The van der Waals surface area contributed by atoms with Gasteiger partial charge in [-0.2, -0.15) is 0 Å². The normalized spacial score (nSPS) is 19.7. The van der Waals surface area contributed by atoms with Gasteiger partial charge in [0, 0.05) is 24.8 Å². The summed E-state index contributed by atoms with van der Waals surface area (Å²) in [5.74, 6) is -0.543. The highest BCUT2D eigenvalue weighted by Gasteiger charge is 2.32. The van der Waals surface area contributed by atoms with Crippen molar-refractivity contribution >= 4 is 35.1 Å². The van der Waals surface area contributed by atoms with Crippen LogP contribution in [-0.4, -0.2) is 21.8 Å². The lowest BCUT2D eigenvalue weighted by Crippen LogP contribution is -2.13. The van der Waals surface area contributed by atoms with Crippen molar-refractivity contribution in [2.24, 2.45) is 11.8 Å². The van der Waals surface area contributed by atoms with Crippen LogP contribution in [0.2, 0.25) is 5.02 Å². The summed E-state index contributed by atoms with van der Waals surface area (Å²) >= 11 is 6.11. The van der Waals surface area contributed by atoms with Gasteiger partial charge in [-0.15, -0.1) is 0 Å². The van der Waals surface area contributed by atoms with Crippen molar-refractivity contribution in [1.29, 1.82) is 0 Å². The van der Waals surface area contributed by atoms with Gasteiger partial charge >= 0.3 is 5.97 Å². The molecule has 6 nitrogen and oxygen atoms in total. The number of carbonyl (C=O) groups excluding carboxylic acids is 1. The molecule has 0 radical (unpaired) electrons. The molecule has 0 bridgehead atoms. The van der Waals surface area contributed by atoms with Gasteiger partial charge in [0.2, 0.25) is 0 Å². The Hall–Kier alpha value is -2.21. The smallest absolute Gasteiger partial charge is 0.303 e. The number of benzene rings is 1. The topological polar surface area (TPSA) is 97.5 Å². The van der Waals surface area contributed by atoms with E-state index < -0.39 is 10.9 Å². The first-order chi connectivity index (χ1) is 12.9. The Morgan fingerprint density at radius 1 is 1.30 bits per heavy atom. The fourth-order valence-electron chi connectivity index (χ4n) is 3.60. The number of allylic oxidation sites excluding steroid dienone is 1. The number of nitrogens with zero attached hydrogens (tertiary/aromatic N) is 1. The van der Waals surface area contributed by atoms with Gasteiger partial charge in [-0.05, 0) is 31.2 Å². The zero-order chi connectivity index (χ0) is 19.8. The minimum absolute atomic E-state index is 0.0435. The van der Waals surface area contributed by atoms with Crippen LogP contribution >= 0.6 is 11.6 Å². The maximum absolute atomic E-state index is 12.2. The van der Waals surface area contributed by atoms with Crippen LogP contribution in [-0.2, 0) is 9.59 Å². The molecule has 1 N–H and O–H groups in total. The zero-order valence-corrected chi connectivity index (χ0v) is 15.9. The lowest BCUT2D eigenvalue weighted by molar-refractivity contribution is -0.385. The highest BCUT2D eigenvalue weighted by atomic mass is 35.5. The van der Waals surface area contributed by atoms with Crippen LogP contribution < -0.4 is 0 Å². The summed E-state index contributed by atoms with van der Waals surface area (Å²) in [7, 11) is 0. The van der Waals surface area contributed by atoms with Gasteiger partial charge in [-0.3, -0.25) is 19.7 Å². The Balaban J connectivity index is 1.95. The minimum atomic E-state index is -0.778. The van der Waals surface area contributed by atoms with Crippen molar-refractivity contribution in [3.63, 3.8) is 0 Å².